The number of aromatic nitrogens is 1. The van der Waals surface area contributed by atoms with Crippen molar-refractivity contribution >= 4 is 23.1 Å². The maximum absolute atomic E-state index is 6.46. The molecule has 1 saturated heterocycles. The highest BCUT2D eigenvalue weighted by molar-refractivity contribution is 8.00. The highest BCUT2D eigenvalue weighted by atomic mass is 32.2. The first-order chi connectivity index (χ1) is 6.63. The Hall–Kier alpha value is -0.0600. The zero-order chi connectivity index (χ0) is 10.2. The average Bonchev–Trinajstić information content (AvgIpc) is 2.58. The van der Waals surface area contributed by atoms with Crippen LogP contribution in [0.5, 0.6) is 0 Å². The first kappa shape index (κ1) is 10.5. The fourth-order valence-corrected chi connectivity index (χ4v) is 4.12. The van der Waals surface area contributed by atoms with E-state index in [0.29, 0.717) is 5.25 Å². The Labute approximate surface area is 93.3 Å². The second-order valence-corrected chi connectivity index (χ2v) is 6.26. The van der Waals surface area contributed by atoms with Crippen molar-refractivity contribution in [3.05, 3.63) is 16.1 Å². The normalized spacial score (nSPS) is 33.2. The lowest BCUT2D eigenvalue weighted by molar-refractivity contribution is 0.388. The molecule has 78 valence electrons. The van der Waals surface area contributed by atoms with Crippen molar-refractivity contribution in [3.8, 4) is 0 Å². The van der Waals surface area contributed by atoms with E-state index in [9.17, 15) is 0 Å². The van der Waals surface area contributed by atoms with Gasteiger partial charge in [-0.1, -0.05) is 6.92 Å². The minimum atomic E-state index is -0.179. The van der Waals surface area contributed by atoms with Crippen LogP contribution in [0.25, 0.3) is 0 Å². The predicted molar refractivity (Wildman–Crippen MR) is 63.9 cm³/mol. The van der Waals surface area contributed by atoms with Gasteiger partial charge in [-0.15, -0.1) is 11.3 Å². The van der Waals surface area contributed by atoms with E-state index < -0.39 is 0 Å². The zero-order valence-corrected chi connectivity index (χ0v) is 10.3. The van der Waals surface area contributed by atoms with E-state index in [1.807, 2.05) is 18.7 Å². The van der Waals surface area contributed by atoms with Gasteiger partial charge in [0, 0.05) is 16.3 Å². The van der Waals surface area contributed by atoms with Gasteiger partial charge >= 0.3 is 0 Å². The molecule has 2 rings (SSSR count). The third kappa shape index (κ3) is 1.71. The van der Waals surface area contributed by atoms with Gasteiger partial charge in [-0.05, 0) is 25.5 Å². The van der Waals surface area contributed by atoms with Crippen molar-refractivity contribution < 1.29 is 0 Å². The van der Waals surface area contributed by atoms with E-state index in [0.717, 1.165) is 17.1 Å². The number of nitrogens with two attached hydrogens (primary N) is 1. The topological polar surface area (TPSA) is 38.9 Å². The van der Waals surface area contributed by atoms with Crippen LogP contribution in [0.2, 0.25) is 0 Å². The monoisotopic (exact) mass is 228 g/mol. The van der Waals surface area contributed by atoms with Crippen LogP contribution in [0.4, 0.5) is 0 Å². The number of nitrogens with zero attached hydrogens (tertiary/aromatic N) is 1. The minimum Gasteiger partial charge on any atom is -0.319 e. The first-order valence-corrected chi connectivity index (χ1v) is 6.89. The maximum Gasteiger partial charge on any atom is 0.114 e. The van der Waals surface area contributed by atoms with Crippen LogP contribution in [-0.4, -0.2) is 16.0 Å². The lowest BCUT2D eigenvalue weighted by Gasteiger charge is -2.37. The van der Waals surface area contributed by atoms with Gasteiger partial charge in [0.15, 0.2) is 0 Å². The van der Waals surface area contributed by atoms with E-state index in [4.69, 9.17) is 5.73 Å². The van der Waals surface area contributed by atoms with E-state index >= 15 is 0 Å². The largest absolute Gasteiger partial charge is 0.319 e. The summed E-state index contributed by atoms with van der Waals surface area (Å²) in [5.74, 6) is 1.24. The van der Waals surface area contributed by atoms with Crippen LogP contribution in [-0.2, 0) is 5.54 Å². The van der Waals surface area contributed by atoms with E-state index in [1.54, 1.807) is 11.3 Å². The molecule has 0 saturated carbocycles. The number of thiazole rings is 1. The summed E-state index contributed by atoms with van der Waals surface area (Å²) in [6.07, 6.45) is 2.29. The Balaban J connectivity index is 2.29. The van der Waals surface area contributed by atoms with Gasteiger partial charge in [0.2, 0.25) is 0 Å². The Morgan fingerprint density at radius 2 is 2.43 bits per heavy atom. The van der Waals surface area contributed by atoms with Gasteiger partial charge in [-0.25, -0.2) is 4.98 Å². The highest BCUT2D eigenvalue weighted by Gasteiger charge is 2.38. The van der Waals surface area contributed by atoms with Gasteiger partial charge in [0.05, 0.1) is 5.54 Å². The van der Waals surface area contributed by atoms with Crippen molar-refractivity contribution in [2.75, 3.05) is 5.75 Å². The third-order valence-electron chi connectivity index (χ3n) is 2.85. The molecule has 0 aliphatic carbocycles. The van der Waals surface area contributed by atoms with Gasteiger partial charge in [0.1, 0.15) is 5.01 Å². The minimum absolute atomic E-state index is 0.179. The van der Waals surface area contributed by atoms with Crippen molar-refractivity contribution in [2.24, 2.45) is 5.73 Å². The van der Waals surface area contributed by atoms with Crippen LogP contribution >= 0.6 is 23.1 Å². The lowest BCUT2D eigenvalue weighted by atomic mass is 9.91. The van der Waals surface area contributed by atoms with Gasteiger partial charge in [-0.3, -0.25) is 0 Å². The molecule has 1 aromatic heterocycles. The predicted octanol–water partition coefficient (Wildman–Crippen LogP) is 2.52. The zero-order valence-electron chi connectivity index (χ0n) is 8.62. The molecule has 0 aromatic carbocycles. The number of hydrogen-bond acceptors (Lipinski definition) is 4. The summed E-state index contributed by atoms with van der Waals surface area (Å²) in [4.78, 5) is 4.54. The molecule has 2 nitrogen and oxygen atoms in total. The van der Waals surface area contributed by atoms with Gasteiger partial charge in [0.25, 0.3) is 0 Å². The molecule has 1 fully saturated rings. The summed E-state index contributed by atoms with van der Waals surface area (Å²) < 4.78 is 0. The van der Waals surface area contributed by atoms with Crippen molar-refractivity contribution in [3.63, 3.8) is 0 Å². The number of hydrogen-bond donors (Lipinski definition) is 1. The van der Waals surface area contributed by atoms with Crippen LogP contribution in [0.15, 0.2) is 5.38 Å². The molecule has 2 unspecified atom stereocenters. The van der Waals surface area contributed by atoms with Crippen LogP contribution < -0.4 is 5.73 Å². The lowest BCUT2D eigenvalue weighted by Crippen LogP contribution is -2.47. The summed E-state index contributed by atoms with van der Waals surface area (Å²) in [7, 11) is 0. The maximum atomic E-state index is 6.46. The molecule has 2 heterocycles. The number of thioether (sulfide) groups is 1. The smallest absolute Gasteiger partial charge is 0.114 e. The van der Waals surface area contributed by atoms with Crippen LogP contribution in [0, 0.1) is 6.92 Å². The molecule has 4 heteroatoms. The number of rotatable bonds is 1. The fraction of sp³-hybridized carbons (Fsp3) is 0.700. The molecule has 0 amide bonds. The molecular formula is C10H16N2S2. The van der Waals surface area contributed by atoms with Gasteiger partial charge in [-0.2, -0.15) is 11.8 Å². The molecule has 2 N–H and O–H groups in total. The fourth-order valence-electron chi connectivity index (χ4n) is 1.83. The second kappa shape index (κ2) is 3.83. The Morgan fingerprint density at radius 3 is 3.00 bits per heavy atom. The molecule has 2 atom stereocenters. The Kier molecular flexibility index (Phi) is 2.86. The van der Waals surface area contributed by atoms with Crippen molar-refractivity contribution in [1.82, 2.24) is 4.98 Å². The van der Waals surface area contributed by atoms with Crippen LogP contribution in [0.3, 0.4) is 0 Å². The molecule has 0 bridgehead atoms. The molecule has 14 heavy (non-hydrogen) atoms. The molecule has 1 aliphatic rings. The Bertz CT molecular complexity index is 324. The highest BCUT2D eigenvalue weighted by Crippen LogP contribution is 2.40. The first-order valence-electron chi connectivity index (χ1n) is 4.96. The quantitative estimate of drug-likeness (QED) is 0.803. The van der Waals surface area contributed by atoms with Crippen molar-refractivity contribution in [1.29, 1.82) is 0 Å². The summed E-state index contributed by atoms with van der Waals surface area (Å²) >= 11 is 3.68. The van der Waals surface area contributed by atoms with Gasteiger partial charge < -0.3 is 5.73 Å². The third-order valence-corrected chi connectivity index (χ3v) is 5.44. The molecule has 0 radical (unpaired) electrons. The second-order valence-electron chi connectivity index (χ2n) is 3.95. The summed E-state index contributed by atoms with van der Waals surface area (Å²) in [6, 6.07) is 0. The van der Waals surface area contributed by atoms with E-state index in [2.05, 4.69) is 17.3 Å². The van der Waals surface area contributed by atoms with Crippen molar-refractivity contribution in [2.45, 2.75) is 37.5 Å². The van der Waals surface area contributed by atoms with E-state index in [-0.39, 0.29) is 5.54 Å². The SMILES string of the molecule is Cc1csc(C2(N)CCCSC2C)n1. The molecule has 1 aliphatic heterocycles. The number of aryl methyl sites for hydroxylation is 1. The molecular weight excluding hydrogens is 212 g/mol. The Morgan fingerprint density at radius 1 is 1.64 bits per heavy atom. The van der Waals surface area contributed by atoms with Crippen LogP contribution in [0.1, 0.15) is 30.5 Å². The average molecular weight is 228 g/mol. The summed E-state index contributed by atoms with van der Waals surface area (Å²) in [6.45, 7) is 4.25. The summed E-state index contributed by atoms with van der Waals surface area (Å²) in [5.41, 5.74) is 7.38. The standard InChI is InChI=1S/C10H16N2S2/c1-7-6-14-9(12-7)10(11)4-3-5-13-8(10)2/h6,8H,3-5,11H2,1-2H3. The molecule has 1 aromatic rings. The molecule has 0 spiro atoms. The summed E-state index contributed by atoms with van der Waals surface area (Å²) in [5, 5.41) is 3.70. The van der Waals surface area contributed by atoms with E-state index in [1.165, 1.54) is 12.2 Å².